The van der Waals surface area contributed by atoms with E-state index in [1.165, 1.54) is 12.1 Å². The molecular formula is C22H24ClFN2O4. The Balaban J connectivity index is 1.80. The lowest BCUT2D eigenvalue weighted by molar-refractivity contribution is -0.121. The highest BCUT2D eigenvalue weighted by molar-refractivity contribution is 6.36. The topological polar surface area (TPSA) is 73.6 Å². The average Bonchev–Trinajstić information content (AvgIpc) is 3.14. The Labute approximate surface area is 179 Å². The first kappa shape index (κ1) is 21.9. The minimum atomic E-state index is -0.395. The van der Waals surface area contributed by atoms with Crippen molar-refractivity contribution in [2.24, 2.45) is 0 Å². The van der Waals surface area contributed by atoms with Crippen LogP contribution < -0.4 is 14.8 Å². The van der Waals surface area contributed by atoms with Crippen molar-refractivity contribution in [1.29, 1.82) is 0 Å². The SMILES string of the molecule is CCOc1cc(F)ccc1-c1noc2c(Cl)c(OCCC(C)NC(=O)CC)ccc12. The van der Waals surface area contributed by atoms with Crippen LogP contribution in [0.1, 0.15) is 33.6 Å². The molecule has 1 N–H and O–H groups in total. The smallest absolute Gasteiger partial charge is 0.219 e. The summed E-state index contributed by atoms with van der Waals surface area (Å²) in [6, 6.07) is 7.79. The quantitative estimate of drug-likeness (QED) is 0.490. The maximum absolute atomic E-state index is 13.6. The number of benzene rings is 2. The van der Waals surface area contributed by atoms with Gasteiger partial charge in [-0.2, -0.15) is 0 Å². The molecule has 0 aliphatic rings. The molecule has 3 rings (SSSR count). The lowest BCUT2D eigenvalue weighted by Crippen LogP contribution is -2.33. The highest BCUT2D eigenvalue weighted by Gasteiger charge is 2.19. The molecule has 0 aliphatic heterocycles. The predicted molar refractivity (Wildman–Crippen MR) is 114 cm³/mol. The zero-order valence-electron chi connectivity index (χ0n) is 17.1. The minimum Gasteiger partial charge on any atom is -0.493 e. The van der Waals surface area contributed by atoms with Gasteiger partial charge in [0.2, 0.25) is 5.91 Å². The number of hydrogen-bond donors (Lipinski definition) is 1. The molecule has 1 amide bonds. The molecule has 6 nitrogen and oxygen atoms in total. The molecule has 160 valence electrons. The largest absolute Gasteiger partial charge is 0.493 e. The van der Waals surface area contributed by atoms with Crippen LogP contribution in [0.25, 0.3) is 22.2 Å². The number of hydrogen-bond acceptors (Lipinski definition) is 5. The van der Waals surface area contributed by atoms with Gasteiger partial charge in [-0.05, 0) is 38.1 Å². The Morgan fingerprint density at radius 1 is 1.23 bits per heavy atom. The number of carbonyl (C=O) groups excluding carboxylic acids is 1. The summed E-state index contributed by atoms with van der Waals surface area (Å²) in [4.78, 5) is 11.4. The second-order valence-electron chi connectivity index (χ2n) is 6.82. The minimum absolute atomic E-state index is 0.00311. The number of halogens is 2. The summed E-state index contributed by atoms with van der Waals surface area (Å²) in [5.74, 6) is 0.453. The van der Waals surface area contributed by atoms with Crippen molar-refractivity contribution in [2.45, 2.75) is 39.7 Å². The van der Waals surface area contributed by atoms with Gasteiger partial charge in [0.25, 0.3) is 0 Å². The van der Waals surface area contributed by atoms with Gasteiger partial charge in [-0.1, -0.05) is 23.7 Å². The normalized spacial score (nSPS) is 12.0. The van der Waals surface area contributed by atoms with E-state index in [9.17, 15) is 9.18 Å². The van der Waals surface area contributed by atoms with E-state index >= 15 is 0 Å². The molecule has 30 heavy (non-hydrogen) atoms. The van der Waals surface area contributed by atoms with Crippen molar-refractivity contribution >= 4 is 28.5 Å². The maximum Gasteiger partial charge on any atom is 0.219 e. The number of fused-ring (bicyclic) bond motifs is 1. The molecule has 0 spiro atoms. The molecular weight excluding hydrogens is 411 g/mol. The summed E-state index contributed by atoms with van der Waals surface area (Å²) in [6.07, 6.45) is 1.08. The molecule has 0 saturated heterocycles. The van der Waals surface area contributed by atoms with Gasteiger partial charge in [-0.25, -0.2) is 4.39 Å². The van der Waals surface area contributed by atoms with Gasteiger partial charge in [0.05, 0.1) is 18.6 Å². The van der Waals surface area contributed by atoms with Gasteiger partial charge >= 0.3 is 0 Å². The van der Waals surface area contributed by atoms with Crippen LogP contribution in [0.3, 0.4) is 0 Å². The first-order valence-corrected chi connectivity index (χ1v) is 10.2. The standard InChI is InChI=1S/C22H24ClFN2O4/c1-4-19(27)25-13(3)10-11-29-17-9-8-16-21(26-30-22(16)20(17)23)15-7-6-14(24)12-18(15)28-5-2/h6-9,12-13H,4-5,10-11H2,1-3H3,(H,25,27). The molecule has 1 heterocycles. The molecule has 1 aromatic heterocycles. The molecule has 0 radical (unpaired) electrons. The molecule has 3 aromatic rings. The third kappa shape index (κ3) is 4.84. The van der Waals surface area contributed by atoms with Gasteiger partial charge in [-0.15, -0.1) is 0 Å². The Morgan fingerprint density at radius 2 is 2.03 bits per heavy atom. The van der Waals surface area contributed by atoms with E-state index in [1.807, 2.05) is 20.8 Å². The van der Waals surface area contributed by atoms with Crippen LogP contribution in [0.15, 0.2) is 34.9 Å². The lowest BCUT2D eigenvalue weighted by Gasteiger charge is -2.14. The number of nitrogens with zero attached hydrogens (tertiary/aromatic N) is 1. The van der Waals surface area contributed by atoms with Gasteiger partial charge in [0.15, 0.2) is 5.58 Å². The third-order valence-electron chi connectivity index (χ3n) is 4.58. The van der Waals surface area contributed by atoms with E-state index in [-0.39, 0.29) is 11.9 Å². The zero-order chi connectivity index (χ0) is 21.7. The number of nitrogens with one attached hydrogen (secondary N) is 1. The highest BCUT2D eigenvalue weighted by Crippen LogP contribution is 2.40. The Morgan fingerprint density at radius 3 is 2.77 bits per heavy atom. The Bertz CT molecular complexity index is 1040. The first-order valence-electron chi connectivity index (χ1n) is 9.87. The van der Waals surface area contributed by atoms with Gasteiger partial charge < -0.3 is 19.3 Å². The first-order chi connectivity index (χ1) is 14.4. The summed E-state index contributed by atoms with van der Waals surface area (Å²) in [5, 5.41) is 7.98. The number of carbonyl (C=O) groups is 1. The number of ether oxygens (including phenoxy) is 2. The Hall–Kier alpha value is -2.80. The second-order valence-corrected chi connectivity index (χ2v) is 7.20. The van der Waals surface area contributed by atoms with Crippen molar-refractivity contribution < 1.29 is 23.2 Å². The van der Waals surface area contributed by atoms with E-state index in [4.69, 9.17) is 25.6 Å². The molecule has 8 heteroatoms. The summed E-state index contributed by atoms with van der Waals surface area (Å²) < 4.78 is 30.4. The van der Waals surface area contributed by atoms with Crippen LogP contribution in [-0.2, 0) is 4.79 Å². The third-order valence-corrected chi connectivity index (χ3v) is 4.94. The van der Waals surface area contributed by atoms with Crippen LogP contribution >= 0.6 is 11.6 Å². The van der Waals surface area contributed by atoms with E-state index in [2.05, 4.69) is 10.5 Å². The van der Waals surface area contributed by atoms with Crippen molar-refractivity contribution in [3.8, 4) is 22.8 Å². The zero-order valence-corrected chi connectivity index (χ0v) is 17.9. The van der Waals surface area contributed by atoms with Crippen LogP contribution in [-0.4, -0.2) is 30.3 Å². The molecule has 1 unspecified atom stereocenters. The highest BCUT2D eigenvalue weighted by atomic mass is 35.5. The molecule has 0 fully saturated rings. The number of aromatic nitrogens is 1. The van der Waals surface area contributed by atoms with Crippen LogP contribution in [0.2, 0.25) is 5.02 Å². The van der Waals surface area contributed by atoms with Gasteiger partial charge in [0.1, 0.15) is 28.0 Å². The molecule has 0 aliphatic carbocycles. The van der Waals surface area contributed by atoms with E-state index < -0.39 is 5.82 Å². The van der Waals surface area contributed by atoms with Crippen molar-refractivity contribution in [3.63, 3.8) is 0 Å². The fourth-order valence-corrected chi connectivity index (χ4v) is 3.28. The number of rotatable bonds is 9. The second kappa shape index (κ2) is 9.80. The molecule has 0 bridgehead atoms. The monoisotopic (exact) mass is 434 g/mol. The summed E-state index contributed by atoms with van der Waals surface area (Å²) in [6.45, 7) is 6.32. The van der Waals surface area contributed by atoms with E-state index in [0.717, 1.165) is 0 Å². The molecule has 2 aromatic carbocycles. The van der Waals surface area contributed by atoms with Gasteiger partial charge in [0, 0.05) is 30.5 Å². The summed E-state index contributed by atoms with van der Waals surface area (Å²) >= 11 is 6.47. The van der Waals surface area contributed by atoms with Crippen molar-refractivity contribution in [1.82, 2.24) is 10.5 Å². The number of amides is 1. The summed E-state index contributed by atoms with van der Waals surface area (Å²) in [5.41, 5.74) is 1.50. The fourth-order valence-electron chi connectivity index (χ4n) is 3.02. The molecule has 0 saturated carbocycles. The van der Waals surface area contributed by atoms with Crippen LogP contribution in [0.5, 0.6) is 11.5 Å². The predicted octanol–water partition coefficient (Wildman–Crippen LogP) is 5.37. The van der Waals surface area contributed by atoms with Crippen molar-refractivity contribution in [3.05, 3.63) is 41.2 Å². The molecule has 1 atom stereocenters. The Kier molecular flexibility index (Phi) is 7.15. The van der Waals surface area contributed by atoms with Gasteiger partial charge in [-0.3, -0.25) is 4.79 Å². The fraction of sp³-hybridized carbons (Fsp3) is 0.364. The summed E-state index contributed by atoms with van der Waals surface area (Å²) in [7, 11) is 0. The van der Waals surface area contributed by atoms with Crippen LogP contribution in [0.4, 0.5) is 4.39 Å². The average molecular weight is 435 g/mol. The van der Waals surface area contributed by atoms with Crippen molar-refractivity contribution in [2.75, 3.05) is 13.2 Å². The van der Waals surface area contributed by atoms with E-state index in [1.54, 1.807) is 18.2 Å². The van der Waals surface area contributed by atoms with Crippen LogP contribution in [0, 0.1) is 5.82 Å². The van der Waals surface area contributed by atoms with E-state index in [0.29, 0.717) is 64.8 Å². The lowest BCUT2D eigenvalue weighted by atomic mass is 10.1. The maximum atomic E-state index is 13.6.